The van der Waals surface area contributed by atoms with Gasteiger partial charge in [0.25, 0.3) is 11.5 Å². The van der Waals surface area contributed by atoms with Gasteiger partial charge in [-0.3, -0.25) is 28.7 Å². The van der Waals surface area contributed by atoms with Crippen LogP contribution in [0.1, 0.15) is 30.9 Å². The Kier molecular flexibility index (Phi) is 6.86. The molecule has 3 aromatic rings. The van der Waals surface area contributed by atoms with Crippen molar-refractivity contribution in [3.05, 3.63) is 80.8 Å². The van der Waals surface area contributed by atoms with Gasteiger partial charge in [-0.15, -0.1) is 0 Å². The van der Waals surface area contributed by atoms with E-state index in [1.165, 1.54) is 15.5 Å². The van der Waals surface area contributed by atoms with E-state index in [0.717, 1.165) is 17.5 Å². The van der Waals surface area contributed by atoms with Crippen LogP contribution in [-0.4, -0.2) is 25.2 Å². The third kappa shape index (κ3) is 5.19. The molecule has 1 amide bonds. The van der Waals surface area contributed by atoms with E-state index in [-0.39, 0.29) is 18.1 Å². The second kappa shape index (κ2) is 9.75. The fourth-order valence-electron chi connectivity index (χ4n) is 3.19. The van der Waals surface area contributed by atoms with Crippen molar-refractivity contribution in [1.29, 1.82) is 0 Å². The quantitative estimate of drug-likeness (QED) is 0.538. The Labute approximate surface area is 179 Å². The monoisotopic (exact) mass is 422 g/mol. The maximum absolute atomic E-state index is 13.2. The molecule has 9 nitrogen and oxygen atoms in total. The lowest BCUT2D eigenvalue weighted by Gasteiger charge is -2.23. The molecule has 2 aromatic heterocycles. The van der Waals surface area contributed by atoms with Gasteiger partial charge in [-0.05, 0) is 18.1 Å². The molecule has 0 saturated carbocycles. The van der Waals surface area contributed by atoms with E-state index in [2.05, 4.69) is 10.1 Å². The van der Waals surface area contributed by atoms with Gasteiger partial charge in [0.1, 0.15) is 5.82 Å². The Bertz CT molecular complexity index is 1190. The number of rotatable bonds is 8. The first-order valence-corrected chi connectivity index (χ1v) is 10.1. The first-order valence-electron chi connectivity index (χ1n) is 10.1. The molecular formula is C22H26N6O3. The van der Waals surface area contributed by atoms with E-state index in [1.54, 1.807) is 30.2 Å². The molecule has 162 valence electrons. The van der Waals surface area contributed by atoms with Crippen LogP contribution in [-0.2, 0) is 24.9 Å². The van der Waals surface area contributed by atoms with Crippen molar-refractivity contribution in [2.75, 3.05) is 10.6 Å². The highest BCUT2D eigenvalue weighted by molar-refractivity contribution is 6.05. The normalized spacial score (nSPS) is 11.2. The summed E-state index contributed by atoms with van der Waals surface area (Å²) >= 11 is 0. The number of nitrogens with two attached hydrogens (primary N) is 1. The maximum Gasteiger partial charge on any atom is 0.330 e. The van der Waals surface area contributed by atoms with Gasteiger partial charge in [0, 0.05) is 31.4 Å². The van der Waals surface area contributed by atoms with Gasteiger partial charge < -0.3 is 5.73 Å². The van der Waals surface area contributed by atoms with E-state index >= 15 is 0 Å². The van der Waals surface area contributed by atoms with Crippen molar-refractivity contribution in [2.24, 2.45) is 7.05 Å². The Morgan fingerprint density at radius 1 is 1.26 bits per heavy atom. The SMILES string of the molecule is CCCCn1c(N)c(N(Cc2ccccc2)C(=O)/C=C/c2cnn(C)c2)c(=O)[nH]c1=O. The summed E-state index contributed by atoms with van der Waals surface area (Å²) in [5.74, 6) is -0.466. The number of nitrogens with zero attached hydrogens (tertiary/aromatic N) is 4. The number of aromatic nitrogens is 4. The molecule has 1 aromatic carbocycles. The van der Waals surface area contributed by atoms with E-state index in [9.17, 15) is 14.4 Å². The van der Waals surface area contributed by atoms with Crippen LogP contribution in [0.5, 0.6) is 0 Å². The molecule has 0 unspecified atom stereocenters. The van der Waals surface area contributed by atoms with Crippen molar-refractivity contribution in [3.63, 3.8) is 0 Å². The summed E-state index contributed by atoms with van der Waals surface area (Å²) < 4.78 is 2.93. The van der Waals surface area contributed by atoms with Crippen molar-refractivity contribution >= 4 is 23.5 Å². The van der Waals surface area contributed by atoms with E-state index in [1.807, 2.05) is 37.3 Å². The molecule has 0 bridgehead atoms. The van der Waals surface area contributed by atoms with Crippen molar-refractivity contribution in [1.82, 2.24) is 19.3 Å². The van der Waals surface area contributed by atoms with Crippen molar-refractivity contribution in [3.8, 4) is 0 Å². The van der Waals surface area contributed by atoms with Crippen molar-refractivity contribution < 1.29 is 4.79 Å². The highest BCUT2D eigenvalue weighted by atomic mass is 16.2. The Balaban J connectivity index is 2.05. The highest BCUT2D eigenvalue weighted by Crippen LogP contribution is 2.20. The molecule has 0 radical (unpaired) electrons. The molecule has 0 aliphatic rings. The predicted molar refractivity (Wildman–Crippen MR) is 121 cm³/mol. The number of hydrogen-bond acceptors (Lipinski definition) is 5. The minimum absolute atomic E-state index is 0.0266. The second-order valence-electron chi connectivity index (χ2n) is 7.19. The number of aromatic amines is 1. The first-order chi connectivity index (χ1) is 14.9. The number of unbranched alkanes of at least 4 members (excludes halogenated alkanes) is 1. The largest absolute Gasteiger partial charge is 0.383 e. The lowest BCUT2D eigenvalue weighted by Crippen LogP contribution is -2.40. The number of carbonyl (C=O) groups excluding carboxylic acids is 1. The van der Waals surface area contributed by atoms with Crippen LogP contribution in [0, 0.1) is 0 Å². The van der Waals surface area contributed by atoms with Crippen molar-refractivity contribution in [2.45, 2.75) is 32.9 Å². The van der Waals surface area contributed by atoms with Gasteiger partial charge in [0.15, 0.2) is 5.69 Å². The molecule has 0 aliphatic heterocycles. The Morgan fingerprint density at radius 3 is 2.65 bits per heavy atom. The zero-order valence-electron chi connectivity index (χ0n) is 17.6. The number of carbonyl (C=O) groups is 1. The number of amides is 1. The van der Waals surface area contributed by atoms with Gasteiger partial charge in [-0.1, -0.05) is 43.7 Å². The minimum atomic E-state index is -0.700. The fraction of sp³-hybridized carbons (Fsp3) is 0.273. The first kappa shape index (κ1) is 21.8. The van der Waals surface area contributed by atoms with Gasteiger partial charge in [-0.25, -0.2) is 4.79 Å². The molecule has 0 atom stereocenters. The van der Waals surface area contributed by atoms with Crippen LogP contribution in [0.3, 0.4) is 0 Å². The van der Waals surface area contributed by atoms with Crippen LogP contribution < -0.4 is 21.9 Å². The van der Waals surface area contributed by atoms with E-state index < -0.39 is 17.2 Å². The summed E-state index contributed by atoms with van der Waals surface area (Å²) in [5, 5.41) is 4.07. The van der Waals surface area contributed by atoms with Crippen LogP contribution in [0.4, 0.5) is 11.5 Å². The average Bonchev–Trinajstić information content (AvgIpc) is 3.17. The molecule has 0 spiro atoms. The van der Waals surface area contributed by atoms with Gasteiger partial charge in [0.2, 0.25) is 0 Å². The molecular weight excluding hydrogens is 396 g/mol. The summed E-state index contributed by atoms with van der Waals surface area (Å²) in [6.45, 7) is 2.46. The zero-order valence-corrected chi connectivity index (χ0v) is 17.6. The smallest absolute Gasteiger partial charge is 0.330 e. The molecule has 0 saturated heterocycles. The molecule has 0 aliphatic carbocycles. The van der Waals surface area contributed by atoms with Crippen LogP contribution >= 0.6 is 0 Å². The van der Waals surface area contributed by atoms with Crippen LogP contribution in [0.15, 0.2) is 58.4 Å². The van der Waals surface area contributed by atoms with Gasteiger partial charge in [0.05, 0.1) is 12.7 Å². The van der Waals surface area contributed by atoms with Crippen LogP contribution in [0.2, 0.25) is 0 Å². The number of nitrogen functional groups attached to an aromatic ring is 1. The average molecular weight is 422 g/mol. The maximum atomic E-state index is 13.2. The number of benzene rings is 1. The molecule has 9 heteroatoms. The zero-order chi connectivity index (χ0) is 22.4. The number of H-pyrrole nitrogens is 1. The Morgan fingerprint density at radius 2 is 2.00 bits per heavy atom. The standard InChI is InChI=1S/C22H26N6O3/c1-3-4-12-27-20(23)19(21(30)25-22(27)31)28(15-16-8-6-5-7-9-16)18(29)11-10-17-13-24-26(2)14-17/h5-11,13-14H,3-4,12,15,23H2,1-2H3,(H,25,30,31)/b11-10+. The molecule has 31 heavy (non-hydrogen) atoms. The summed E-state index contributed by atoms with van der Waals surface area (Å²) in [6, 6.07) is 9.26. The number of anilines is 2. The predicted octanol–water partition coefficient (Wildman–Crippen LogP) is 1.90. The third-order valence-corrected chi connectivity index (χ3v) is 4.81. The number of nitrogens with one attached hydrogen (secondary N) is 1. The van der Waals surface area contributed by atoms with E-state index in [4.69, 9.17) is 5.73 Å². The molecule has 2 heterocycles. The lowest BCUT2D eigenvalue weighted by atomic mass is 10.2. The minimum Gasteiger partial charge on any atom is -0.383 e. The van der Waals surface area contributed by atoms with E-state index in [0.29, 0.717) is 13.0 Å². The summed E-state index contributed by atoms with van der Waals surface area (Å²) in [6.07, 6.45) is 7.92. The number of hydrogen-bond donors (Lipinski definition) is 2. The molecule has 3 rings (SSSR count). The molecule has 0 fully saturated rings. The summed E-state index contributed by atoms with van der Waals surface area (Å²) in [5.41, 5.74) is 6.47. The van der Waals surface area contributed by atoms with Gasteiger partial charge >= 0.3 is 5.69 Å². The molecule has 3 N–H and O–H groups in total. The lowest BCUT2D eigenvalue weighted by molar-refractivity contribution is -0.114. The number of aryl methyl sites for hydroxylation is 1. The highest BCUT2D eigenvalue weighted by Gasteiger charge is 2.23. The fourth-order valence-corrected chi connectivity index (χ4v) is 3.19. The topological polar surface area (TPSA) is 119 Å². The second-order valence-corrected chi connectivity index (χ2v) is 7.19. The summed E-state index contributed by atoms with van der Waals surface area (Å²) in [4.78, 5) is 41.7. The van der Waals surface area contributed by atoms with Gasteiger partial charge in [-0.2, -0.15) is 5.10 Å². The third-order valence-electron chi connectivity index (χ3n) is 4.81. The summed E-state index contributed by atoms with van der Waals surface area (Å²) in [7, 11) is 1.78. The Hall–Kier alpha value is -3.88. The van der Waals surface area contributed by atoms with Crippen LogP contribution in [0.25, 0.3) is 6.08 Å².